The van der Waals surface area contributed by atoms with Gasteiger partial charge in [0.2, 0.25) is 5.90 Å². The highest BCUT2D eigenvalue weighted by Crippen LogP contribution is 2.41. The van der Waals surface area contributed by atoms with Crippen molar-refractivity contribution >= 4 is 35.1 Å². The number of urea groups is 1. The Bertz CT molecular complexity index is 1240. The summed E-state index contributed by atoms with van der Waals surface area (Å²) < 4.78 is 55.1. The first-order valence-electron chi connectivity index (χ1n) is 10.6. The van der Waals surface area contributed by atoms with E-state index in [1.165, 1.54) is 44.4 Å². The van der Waals surface area contributed by atoms with Gasteiger partial charge in [0, 0.05) is 19.2 Å². The fourth-order valence-electron chi connectivity index (χ4n) is 3.85. The Balaban J connectivity index is 1.72. The number of amides is 2. The normalized spacial score (nSPS) is 18.8. The lowest BCUT2D eigenvalue weighted by atomic mass is 10.1. The molecule has 1 saturated heterocycles. The molecule has 2 aliphatic rings. The van der Waals surface area contributed by atoms with Crippen LogP contribution >= 0.6 is 11.6 Å². The molecule has 2 heterocycles. The number of hydrogen-bond acceptors (Lipinski definition) is 8. The largest absolute Gasteiger partial charge is 0.496 e. The molecule has 13 heteroatoms. The summed E-state index contributed by atoms with van der Waals surface area (Å²) in [6.07, 6.45) is -0.734. The number of benzene rings is 2. The van der Waals surface area contributed by atoms with E-state index in [-0.39, 0.29) is 40.3 Å². The highest BCUT2D eigenvalue weighted by molar-refractivity contribution is 6.34. The average Bonchev–Trinajstić information content (AvgIpc) is 3.19. The van der Waals surface area contributed by atoms with Crippen LogP contribution in [0.2, 0.25) is 5.02 Å². The summed E-state index contributed by atoms with van der Waals surface area (Å²) >= 11 is 6.54. The lowest BCUT2D eigenvalue weighted by Crippen LogP contribution is -2.44. The minimum Gasteiger partial charge on any atom is -0.496 e. The molecular weight excluding hydrogens is 502 g/mol. The third-order valence-electron chi connectivity index (χ3n) is 5.48. The predicted octanol–water partition coefficient (Wildman–Crippen LogP) is 3.89. The third kappa shape index (κ3) is 4.73. The van der Waals surface area contributed by atoms with Crippen molar-refractivity contribution in [3.63, 3.8) is 0 Å². The Hall–Kier alpha value is -3.64. The van der Waals surface area contributed by atoms with Crippen LogP contribution in [0.1, 0.15) is 12.5 Å². The smallest absolute Gasteiger partial charge is 0.324 e. The lowest BCUT2D eigenvalue weighted by molar-refractivity contribution is 0.0483. The fourth-order valence-corrected chi connectivity index (χ4v) is 4.09. The molecule has 0 aliphatic carbocycles. The first kappa shape index (κ1) is 25.5. The number of nitrogens with one attached hydrogen (secondary N) is 1. The van der Waals surface area contributed by atoms with E-state index < -0.39 is 36.5 Å². The fraction of sp³-hybridized carbons (Fsp3) is 0.348. The number of amidine groups is 1. The van der Waals surface area contributed by atoms with Crippen LogP contribution in [0.3, 0.4) is 0 Å². The summed E-state index contributed by atoms with van der Waals surface area (Å²) in [5, 5.41) is 2.92. The number of fused-ring (bicyclic) bond motifs is 1. The number of methoxy groups -OCH3 is 3. The van der Waals surface area contributed by atoms with Crippen LogP contribution in [0.5, 0.6) is 17.2 Å². The van der Waals surface area contributed by atoms with E-state index in [2.05, 4.69) is 15.3 Å². The number of nitrogens with zero attached hydrogens (tertiary/aromatic N) is 3. The molecule has 0 spiro atoms. The van der Waals surface area contributed by atoms with Gasteiger partial charge in [-0.25, -0.2) is 23.6 Å². The second kappa shape index (κ2) is 10.5. The lowest BCUT2D eigenvalue weighted by Gasteiger charge is -2.27. The van der Waals surface area contributed by atoms with Crippen molar-refractivity contribution in [1.82, 2.24) is 5.32 Å². The molecule has 192 valence electrons. The van der Waals surface area contributed by atoms with E-state index in [1.807, 2.05) is 0 Å². The van der Waals surface area contributed by atoms with E-state index >= 15 is 0 Å². The van der Waals surface area contributed by atoms with Crippen LogP contribution in [0, 0.1) is 11.6 Å². The summed E-state index contributed by atoms with van der Waals surface area (Å²) in [6.45, 7) is 1.12. The maximum absolute atomic E-state index is 14.5. The molecule has 2 unspecified atom stereocenters. The van der Waals surface area contributed by atoms with Crippen molar-refractivity contribution < 1.29 is 37.3 Å². The average molecular weight is 525 g/mol. The highest BCUT2D eigenvalue weighted by atomic mass is 35.5. The van der Waals surface area contributed by atoms with Crippen molar-refractivity contribution in [3.8, 4) is 17.2 Å². The second-order valence-corrected chi connectivity index (χ2v) is 8.08. The van der Waals surface area contributed by atoms with E-state index in [0.717, 1.165) is 6.07 Å². The van der Waals surface area contributed by atoms with Crippen LogP contribution in [0.15, 0.2) is 34.3 Å². The monoisotopic (exact) mass is 524 g/mol. The summed E-state index contributed by atoms with van der Waals surface area (Å²) in [6, 6.07) is 3.99. The predicted molar refractivity (Wildman–Crippen MR) is 127 cm³/mol. The molecule has 2 aromatic carbocycles. The molecule has 2 amide bonds. The standard InChI is InChI=1S/C23H23ClF2N4O6/c1-11-27-21-20(22(28-11)34-4)29-23(31)30(21)15-8-18(17(7-13(15)24)36-10-32-2)35-9-12-16(33-3)6-5-14(25)19(12)26/h5-8,20-21H,9-10H2,1-4H3,(H,29,31). The summed E-state index contributed by atoms with van der Waals surface area (Å²) in [5.41, 5.74) is 0.0983. The van der Waals surface area contributed by atoms with Gasteiger partial charge in [0.15, 0.2) is 36.1 Å². The summed E-state index contributed by atoms with van der Waals surface area (Å²) in [7, 11) is 4.21. The highest BCUT2D eigenvalue weighted by Gasteiger charge is 2.46. The molecule has 0 radical (unpaired) electrons. The number of aliphatic imine (C=N–C) groups is 2. The van der Waals surface area contributed by atoms with E-state index in [9.17, 15) is 13.6 Å². The van der Waals surface area contributed by atoms with Gasteiger partial charge in [-0.1, -0.05) is 11.6 Å². The molecule has 4 rings (SSSR count). The third-order valence-corrected chi connectivity index (χ3v) is 5.78. The van der Waals surface area contributed by atoms with Gasteiger partial charge in [-0.05, 0) is 19.1 Å². The Kier molecular flexibility index (Phi) is 7.45. The molecule has 10 nitrogen and oxygen atoms in total. The summed E-state index contributed by atoms with van der Waals surface area (Å²) in [4.78, 5) is 23.0. The van der Waals surface area contributed by atoms with Gasteiger partial charge >= 0.3 is 6.03 Å². The second-order valence-electron chi connectivity index (χ2n) is 7.67. The van der Waals surface area contributed by atoms with Crippen LogP contribution in [-0.4, -0.2) is 58.1 Å². The number of anilines is 1. The quantitative estimate of drug-likeness (QED) is 0.526. The van der Waals surface area contributed by atoms with Crippen LogP contribution in [0.25, 0.3) is 0 Å². The van der Waals surface area contributed by atoms with Gasteiger partial charge in [0.1, 0.15) is 24.2 Å². The van der Waals surface area contributed by atoms with Crippen molar-refractivity contribution in [3.05, 3.63) is 46.5 Å². The van der Waals surface area contributed by atoms with Crippen molar-refractivity contribution in [2.45, 2.75) is 25.7 Å². The number of ether oxygens (including phenoxy) is 5. The van der Waals surface area contributed by atoms with Crippen molar-refractivity contribution in [1.29, 1.82) is 0 Å². The maximum atomic E-state index is 14.5. The Morgan fingerprint density at radius 3 is 2.53 bits per heavy atom. The zero-order chi connectivity index (χ0) is 26.0. The van der Waals surface area contributed by atoms with Gasteiger partial charge in [0.05, 0.1) is 30.5 Å². The molecule has 0 bridgehead atoms. The molecule has 1 fully saturated rings. The molecule has 0 saturated carbocycles. The number of hydrogen-bond donors (Lipinski definition) is 1. The zero-order valence-corrected chi connectivity index (χ0v) is 20.6. The SMILES string of the molecule is COCOc1cc(Cl)c(N2C(=O)NC3C(OC)=NC(C)=NC32)cc1OCc1c(OC)ccc(F)c1F. The molecule has 2 aromatic rings. The topological polar surface area (TPSA) is 103 Å². The molecule has 2 atom stereocenters. The molecule has 0 aromatic heterocycles. The molecule has 1 N–H and O–H groups in total. The van der Waals surface area contributed by atoms with Crippen molar-refractivity contribution in [2.75, 3.05) is 33.0 Å². The maximum Gasteiger partial charge on any atom is 0.324 e. The molecule has 36 heavy (non-hydrogen) atoms. The number of rotatable bonds is 8. The Morgan fingerprint density at radius 2 is 1.83 bits per heavy atom. The minimum atomic E-state index is -1.11. The van der Waals surface area contributed by atoms with Crippen molar-refractivity contribution in [2.24, 2.45) is 9.98 Å². The number of carbonyl (C=O) groups is 1. The van der Waals surface area contributed by atoms with E-state index in [1.54, 1.807) is 6.92 Å². The first-order chi connectivity index (χ1) is 17.3. The number of carbonyl (C=O) groups excluding carboxylic acids is 1. The Morgan fingerprint density at radius 1 is 1.08 bits per heavy atom. The van der Waals surface area contributed by atoms with Crippen LogP contribution < -0.4 is 24.4 Å². The van der Waals surface area contributed by atoms with Gasteiger partial charge in [-0.15, -0.1) is 0 Å². The zero-order valence-electron chi connectivity index (χ0n) is 19.8. The summed E-state index contributed by atoms with van der Waals surface area (Å²) in [5.74, 6) is -1.11. The first-order valence-corrected chi connectivity index (χ1v) is 11.0. The molecule has 2 aliphatic heterocycles. The van der Waals surface area contributed by atoms with Crippen LogP contribution in [0.4, 0.5) is 19.3 Å². The van der Waals surface area contributed by atoms with Crippen LogP contribution in [-0.2, 0) is 16.1 Å². The Labute approximate surface area is 210 Å². The van der Waals surface area contributed by atoms with E-state index in [4.69, 9.17) is 35.3 Å². The van der Waals surface area contributed by atoms with Gasteiger partial charge in [-0.3, -0.25) is 4.90 Å². The van der Waals surface area contributed by atoms with Gasteiger partial charge < -0.3 is 29.0 Å². The van der Waals surface area contributed by atoms with Gasteiger partial charge in [0.25, 0.3) is 0 Å². The number of halogens is 3. The van der Waals surface area contributed by atoms with Gasteiger partial charge in [-0.2, -0.15) is 0 Å². The molecular formula is C23H23ClF2N4O6. The minimum absolute atomic E-state index is 0.0885. The van der Waals surface area contributed by atoms with E-state index in [0.29, 0.717) is 11.7 Å².